The highest BCUT2D eigenvalue weighted by atomic mass is 16.5. The van der Waals surface area contributed by atoms with Gasteiger partial charge in [0.15, 0.2) is 5.72 Å². The Balaban J connectivity index is 1.23. The molecular weight excluding hydrogens is 392 g/mol. The summed E-state index contributed by atoms with van der Waals surface area (Å²) in [5.41, 5.74) is -0.0976. The summed E-state index contributed by atoms with van der Waals surface area (Å²) in [5, 5.41) is 3.18. The molecular formula is C25H30N2O4. The first kappa shape index (κ1) is 19.3. The first-order valence-electron chi connectivity index (χ1n) is 12.0. The number of fused-ring (bicyclic) bond motifs is 4. The molecule has 6 nitrogen and oxygen atoms in total. The van der Waals surface area contributed by atoms with Crippen LogP contribution in [0.25, 0.3) is 0 Å². The second kappa shape index (κ2) is 7.07. The first-order valence-corrected chi connectivity index (χ1v) is 12.0. The van der Waals surface area contributed by atoms with Crippen LogP contribution >= 0.6 is 0 Å². The molecule has 4 aliphatic carbocycles. The average Bonchev–Trinajstić information content (AvgIpc) is 2.79. The van der Waals surface area contributed by atoms with E-state index in [9.17, 15) is 14.4 Å². The predicted octanol–water partition coefficient (Wildman–Crippen LogP) is 3.30. The Morgan fingerprint density at radius 3 is 2.77 bits per heavy atom. The minimum Gasteiger partial charge on any atom is -0.467 e. The Kier molecular flexibility index (Phi) is 4.41. The van der Waals surface area contributed by atoms with Crippen LogP contribution in [0.3, 0.4) is 0 Å². The highest BCUT2D eigenvalue weighted by Gasteiger charge is 2.58. The van der Waals surface area contributed by atoms with Crippen LogP contribution < -0.4 is 10.1 Å². The van der Waals surface area contributed by atoms with E-state index < -0.39 is 5.72 Å². The number of rotatable bonds is 1. The van der Waals surface area contributed by atoms with Crippen LogP contribution in [0.5, 0.6) is 5.75 Å². The van der Waals surface area contributed by atoms with Crippen LogP contribution in [-0.4, -0.2) is 40.8 Å². The molecule has 0 radical (unpaired) electrons. The minimum atomic E-state index is -0.684. The van der Waals surface area contributed by atoms with Gasteiger partial charge in [-0.2, -0.15) is 0 Å². The van der Waals surface area contributed by atoms with Gasteiger partial charge in [0, 0.05) is 43.2 Å². The van der Waals surface area contributed by atoms with Gasteiger partial charge < -0.3 is 15.0 Å². The van der Waals surface area contributed by atoms with Gasteiger partial charge in [-0.1, -0.05) is 25.0 Å². The molecule has 6 atom stereocenters. The van der Waals surface area contributed by atoms with Crippen molar-refractivity contribution in [1.29, 1.82) is 0 Å². The number of Topliss-reactive ketones (excluding diaryl/α,β-unsaturated/α-hetero) is 1. The fourth-order valence-electron chi connectivity index (χ4n) is 7.19. The first-order chi connectivity index (χ1) is 15.1. The molecule has 1 aromatic carbocycles. The topological polar surface area (TPSA) is 75.7 Å². The number of nitrogens with one attached hydrogen (secondary N) is 1. The number of ether oxygens (including phenoxy) is 1. The number of hydrogen-bond donors (Lipinski definition) is 1. The Morgan fingerprint density at radius 2 is 1.94 bits per heavy atom. The Labute approximate surface area is 182 Å². The van der Waals surface area contributed by atoms with E-state index in [0.29, 0.717) is 36.5 Å². The third kappa shape index (κ3) is 2.94. The van der Waals surface area contributed by atoms with Crippen LogP contribution in [0.4, 0.5) is 0 Å². The van der Waals surface area contributed by atoms with E-state index >= 15 is 0 Å². The van der Waals surface area contributed by atoms with Gasteiger partial charge in [0.2, 0.25) is 5.91 Å². The number of likely N-dealkylation sites (tertiary alicyclic amines) is 1. The highest BCUT2D eigenvalue weighted by molar-refractivity contribution is 5.98. The zero-order valence-corrected chi connectivity index (χ0v) is 17.8. The number of ketones is 1. The van der Waals surface area contributed by atoms with Gasteiger partial charge >= 0.3 is 0 Å². The van der Waals surface area contributed by atoms with Crippen molar-refractivity contribution in [2.24, 2.45) is 23.7 Å². The molecule has 2 bridgehead atoms. The number of benzene rings is 1. The van der Waals surface area contributed by atoms with Crippen LogP contribution in [-0.2, 0) is 9.59 Å². The number of carbonyl (C=O) groups is 3. The summed E-state index contributed by atoms with van der Waals surface area (Å²) in [6.45, 7) is 0.582. The van der Waals surface area contributed by atoms with Gasteiger partial charge in [-0.25, -0.2) is 0 Å². The Morgan fingerprint density at radius 1 is 1.10 bits per heavy atom. The third-order valence-electron chi connectivity index (χ3n) is 8.71. The van der Waals surface area contributed by atoms with Crippen molar-refractivity contribution < 1.29 is 19.1 Å². The second-order valence-corrected chi connectivity index (χ2v) is 10.2. The predicted molar refractivity (Wildman–Crippen MR) is 113 cm³/mol. The van der Waals surface area contributed by atoms with Crippen LogP contribution in [0, 0.1) is 23.7 Å². The molecule has 2 amide bonds. The van der Waals surface area contributed by atoms with Crippen LogP contribution in [0.2, 0.25) is 0 Å². The van der Waals surface area contributed by atoms with Crippen molar-refractivity contribution >= 4 is 17.6 Å². The summed E-state index contributed by atoms with van der Waals surface area (Å²) >= 11 is 0. The van der Waals surface area contributed by atoms with Gasteiger partial charge in [-0.05, 0) is 50.2 Å². The molecule has 0 unspecified atom stereocenters. The molecule has 1 saturated heterocycles. The molecule has 5 fully saturated rings. The van der Waals surface area contributed by atoms with Gasteiger partial charge in [-0.3, -0.25) is 14.4 Å². The molecule has 164 valence electrons. The Hall–Kier alpha value is -2.37. The zero-order valence-electron chi connectivity index (χ0n) is 17.8. The van der Waals surface area contributed by atoms with Crippen molar-refractivity contribution in [3.63, 3.8) is 0 Å². The van der Waals surface area contributed by atoms with E-state index in [1.165, 1.54) is 0 Å². The van der Waals surface area contributed by atoms with Gasteiger partial charge in [0.05, 0.1) is 5.56 Å². The lowest BCUT2D eigenvalue weighted by Crippen LogP contribution is -2.67. The maximum atomic E-state index is 13.7. The van der Waals surface area contributed by atoms with E-state index in [2.05, 4.69) is 10.2 Å². The lowest BCUT2D eigenvalue weighted by atomic mass is 9.59. The largest absolute Gasteiger partial charge is 0.467 e. The number of nitrogens with zero attached hydrogens (tertiary/aromatic N) is 1. The quantitative estimate of drug-likeness (QED) is 0.754. The normalized spacial score (nSPS) is 38.8. The summed E-state index contributed by atoms with van der Waals surface area (Å²) in [6, 6.07) is 7.52. The number of para-hydroxylation sites is 1. The number of piperidine rings is 1. The fraction of sp³-hybridized carbons (Fsp3) is 0.640. The second-order valence-electron chi connectivity index (χ2n) is 10.2. The van der Waals surface area contributed by atoms with Crippen molar-refractivity contribution in [2.45, 2.75) is 69.6 Å². The Bertz CT molecular complexity index is 945. The number of carbonyl (C=O) groups excluding carboxylic acids is 3. The monoisotopic (exact) mass is 422 g/mol. The SMILES string of the molecule is O=C1N[C@]2(C[C@H]3CC[C@@H]2C[C@@H]3C(=O)N2CCC(=O)[C@H]3CCCC[C@@H]32)Oc2ccccc21. The summed E-state index contributed by atoms with van der Waals surface area (Å²) < 4.78 is 6.44. The van der Waals surface area contributed by atoms with Crippen LogP contribution in [0.1, 0.15) is 68.1 Å². The van der Waals surface area contributed by atoms with Gasteiger partial charge in [0.1, 0.15) is 11.5 Å². The minimum absolute atomic E-state index is 0.0159. The fourth-order valence-corrected chi connectivity index (χ4v) is 7.19. The maximum absolute atomic E-state index is 13.7. The van der Waals surface area contributed by atoms with E-state index in [4.69, 9.17) is 4.74 Å². The zero-order chi connectivity index (χ0) is 21.2. The molecule has 6 aliphatic rings. The van der Waals surface area contributed by atoms with Crippen molar-refractivity contribution in [3.8, 4) is 5.75 Å². The number of amides is 2. The molecule has 1 N–H and O–H groups in total. The molecule has 2 heterocycles. The van der Waals surface area contributed by atoms with Crippen LogP contribution in [0.15, 0.2) is 24.3 Å². The summed E-state index contributed by atoms with van der Waals surface area (Å²) in [4.78, 5) is 41.0. The van der Waals surface area contributed by atoms with E-state index in [1.54, 1.807) is 6.07 Å². The number of hydrogen-bond acceptors (Lipinski definition) is 4. The standard InChI is InChI=1S/C25H30N2O4/c28-21-11-12-27(20-7-3-1-5-17(20)21)24(30)19-13-16-10-9-15(19)14-25(16)26-23(29)18-6-2-4-8-22(18)31-25/h2,4,6,8,15-17,19-20H,1,3,5,7,9-14H2,(H,26,29)/t15-,16-,17+,19+,20+,25-/m1/s1. The molecule has 7 rings (SSSR count). The van der Waals surface area contributed by atoms with E-state index in [0.717, 1.165) is 44.9 Å². The summed E-state index contributed by atoms with van der Waals surface area (Å²) in [6.07, 6.45) is 8.04. The maximum Gasteiger partial charge on any atom is 0.258 e. The smallest absolute Gasteiger partial charge is 0.258 e. The van der Waals surface area contributed by atoms with Gasteiger partial charge in [-0.15, -0.1) is 0 Å². The van der Waals surface area contributed by atoms with Crippen molar-refractivity contribution in [1.82, 2.24) is 10.2 Å². The summed E-state index contributed by atoms with van der Waals surface area (Å²) in [5.74, 6) is 1.57. The lowest BCUT2D eigenvalue weighted by Gasteiger charge is -2.56. The average molecular weight is 423 g/mol. The van der Waals surface area contributed by atoms with Crippen molar-refractivity contribution in [2.75, 3.05) is 6.54 Å². The molecule has 2 aliphatic heterocycles. The summed E-state index contributed by atoms with van der Waals surface area (Å²) in [7, 11) is 0. The molecule has 31 heavy (non-hydrogen) atoms. The molecule has 4 saturated carbocycles. The highest BCUT2D eigenvalue weighted by Crippen LogP contribution is 2.53. The van der Waals surface area contributed by atoms with E-state index in [-0.39, 0.29) is 41.5 Å². The molecule has 0 aromatic heterocycles. The molecule has 1 spiro atoms. The third-order valence-corrected chi connectivity index (χ3v) is 8.71. The van der Waals surface area contributed by atoms with Gasteiger partial charge in [0.25, 0.3) is 5.91 Å². The molecule has 6 heteroatoms. The molecule has 1 aromatic rings. The lowest BCUT2D eigenvalue weighted by molar-refractivity contribution is -0.162. The van der Waals surface area contributed by atoms with E-state index in [1.807, 2.05) is 18.2 Å². The van der Waals surface area contributed by atoms with Crippen molar-refractivity contribution in [3.05, 3.63) is 29.8 Å².